The fourth-order valence-electron chi connectivity index (χ4n) is 1.12. The van der Waals surface area contributed by atoms with Crippen LogP contribution in [0, 0.1) is 28.6 Å². The second-order valence-electron chi connectivity index (χ2n) is 3.17. The lowest BCUT2D eigenvalue weighted by atomic mass is 10.1. The number of nitriles is 2. The molecule has 0 amide bonds. The van der Waals surface area contributed by atoms with Crippen molar-refractivity contribution in [1.82, 2.24) is 0 Å². The summed E-state index contributed by atoms with van der Waals surface area (Å²) in [4.78, 5) is 4.03. The summed E-state index contributed by atoms with van der Waals surface area (Å²) in [6.07, 6.45) is 2.16. The van der Waals surface area contributed by atoms with E-state index in [-0.39, 0.29) is 0 Å². The Balaban J connectivity index is 2.39. The molecular formula is C12H10ClN3. The minimum absolute atomic E-state index is 0.571. The first-order valence-electron chi connectivity index (χ1n) is 4.80. The van der Waals surface area contributed by atoms with E-state index < -0.39 is 5.92 Å². The normalized spacial score (nSPS) is 10.2. The predicted molar refractivity (Wildman–Crippen MR) is 63.2 cm³/mol. The van der Waals surface area contributed by atoms with E-state index in [2.05, 4.69) is 4.99 Å². The van der Waals surface area contributed by atoms with Crippen LogP contribution in [0.15, 0.2) is 29.3 Å². The first-order valence-corrected chi connectivity index (χ1v) is 5.17. The van der Waals surface area contributed by atoms with Gasteiger partial charge in [0.25, 0.3) is 0 Å². The fraction of sp³-hybridized carbons (Fsp3) is 0.250. The minimum atomic E-state index is -0.745. The largest absolute Gasteiger partial charge is 0.295 e. The zero-order valence-electron chi connectivity index (χ0n) is 8.60. The zero-order chi connectivity index (χ0) is 11.8. The zero-order valence-corrected chi connectivity index (χ0v) is 9.35. The molecule has 0 N–H and O–H groups in total. The van der Waals surface area contributed by atoms with Crippen LogP contribution < -0.4 is 0 Å². The molecule has 0 aliphatic carbocycles. The maximum Gasteiger partial charge on any atom is 0.167 e. The van der Waals surface area contributed by atoms with E-state index in [1.807, 2.05) is 36.4 Å². The molecule has 16 heavy (non-hydrogen) atoms. The van der Waals surface area contributed by atoms with E-state index in [0.29, 0.717) is 11.6 Å². The molecule has 0 aliphatic rings. The number of benzene rings is 1. The van der Waals surface area contributed by atoms with Crippen molar-refractivity contribution in [1.29, 1.82) is 10.5 Å². The Hall–Kier alpha value is -1.84. The molecule has 0 aliphatic heterocycles. The van der Waals surface area contributed by atoms with Crippen LogP contribution in [-0.2, 0) is 6.42 Å². The molecular weight excluding hydrogens is 222 g/mol. The van der Waals surface area contributed by atoms with Crippen molar-refractivity contribution < 1.29 is 0 Å². The number of aliphatic imine (C=N–C) groups is 1. The highest BCUT2D eigenvalue weighted by atomic mass is 35.5. The van der Waals surface area contributed by atoms with E-state index in [9.17, 15) is 0 Å². The van der Waals surface area contributed by atoms with Gasteiger partial charge in [0, 0.05) is 17.8 Å². The maximum atomic E-state index is 8.49. The molecule has 3 nitrogen and oxygen atoms in total. The summed E-state index contributed by atoms with van der Waals surface area (Å²) >= 11 is 5.75. The molecule has 0 unspecified atom stereocenters. The molecule has 1 aromatic carbocycles. The average Bonchev–Trinajstić information content (AvgIpc) is 2.32. The molecule has 1 rings (SSSR count). The SMILES string of the molecule is N#CC(C#N)C=NCCc1ccc(Cl)cc1. The lowest BCUT2D eigenvalue weighted by Crippen LogP contribution is -1.96. The van der Waals surface area contributed by atoms with Crippen molar-refractivity contribution in [3.8, 4) is 12.1 Å². The molecule has 0 aromatic heterocycles. The van der Waals surface area contributed by atoms with Crippen molar-refractivity contribution in [3.05, 3.63) is 34.9 Å². The third-order valence-corrected chi connectivity index (χ3v) is 2.23. The third kappa shape index (κ3) is 4.13. The van der Waals surface area contributed by atoms with Gasteiger partial charge in [-0.15, -0.1) is 0 Å². The Morgan fingerprint density at radius 3 is 2.44 bits per heavy atom. The van der Waals surface area contributed by atoms with Crippen LogP contribution in [0.2, 0.25) is 5.02 Å². The van der Waals surface area contributed by atoms with E-state index in [4.69, 9.17) is 22.1 Å². The van der Waals surface area contributed by atoms with Crippen molar-refractivity contribution in [2.24, 2.45) is 10.9 Å². The molecule has 80 valence electrons. The molecule has 0 bridgehead atoms. The minimum Gasteiger partial charge on any atom is -0.295 e. The maximum absolute atomic E-state index is 8.49. The van der Waals surface area contributed by atoms with E-state index in [0.717, 1.165) is 12.0 Å². The standard InChI is InChI=1S/C12H10ClN3/c13-12-3-1-10(2-4-12)5-6-16-9-11(7-14)8-15/h1-4,9,11H,5-6H2. The highest BCUT2D eigenvalue weighted by Crippen LogP contribution is 2.09. The van der Waals surface area contributed by atoms with Gasteiger partial charge in [-0.05, 0) is 24.1 Å². The van der Waals surface area contributed by atoms with Gasteiger partial charge >= 0.3 is 0 Å². The summed E-state index contributed by atoms with van der Waals surface area (Å²) in [6.45, 7) is 0.571. The van der Waals surface area contributed by atoms with Crippen LogP contribution in [0.25, 0.3) is 0 Å². The van der Waals surface area contributed by atoms with Crippen molar-refractivity contribution in [2.75, 3.05) is 6.54 Å². The number of hydrogen-bond acceptors (Lipinski definition) is 3. The second kappa shape index (κ2) is 6.61. The first kappa shape index (κ1) is 12.2. The highest BCUT2D eigenvalue weighted by Gasteiger charge is 1.98. The summed E-state index contributed by atoms with van der Waals surface area (Å²) in [7, 11) is 0. The van der Waals surface area contributed by atoms with Gasteiger partial charge in [0.2, 0.25) is 0 Å². The average molecular weight is 232 g/mol. The number of nitrogens with zero attached hydrogens (tertiary/aromatic N) is 3. The van der Waals surface area contributed by atoms with Crippen LogP contribution >= 0.6 is 11.6 Å². The molecule has 0 fully saturated rings. The third-order valence-electron chi connectivity index (χ3n) is 1.98. The van der Waals surface area contributed by atoms with Gasteiger partial charge in [0.15, 0.2) is 5.92 Å². The number of hydrogen-bond donors (Lipinski definition) is 0. The number of rotatable bonds is 4. The molecule has 4 heteroatoms. The van der Waals surface area contributed by atoms with Gasteiger partial charge in [-0.1, -0.05) is 23.7 Å². The summed E-state index contributed by atoms with van der Waals surface area (Å²) < 4.78 is 0. The van der Waals surface area contributed by atoms with E-state index in [1.54, 1.807) is 0 Å². The lowest BCUT2D eigenvalue weighted by molar-refractivity contribution is 0.963. The smallest absolute Gasteiger partial charge is 0.167 e. The van der Waals surface area contributed by atoms with Crippen LogP contribution in [0.1, 0.15) is 5.56 Å². The van der Waals surface area contributed by atoms with Gasteiger partial charge in [0.05, 0.1) is 12.1 Å². The molecule has 0 saturated carbocycles. The quantitative estimate of drug-likeness (QED) is 0.748. The summed E-state index contributed by atoms with van der Waals surface area (Å²) in [5.41, 5.74) is 1.13. The Labute approximate surface area is 99.6 Å². The molecule has 0 spiro atoms. The van der Waals surface area contributed by atoms with Crippen LogP contribution in [0.4, 0.5) is 0 Å². The van der Waals surface area contributed by atoms with Crippen LogP contribution in [0.3, 0.4) is 0 Å². The van der Waals surface area contributed by atoms with Gasteiger partial charge < -0.3 is 0 Å². The highest BCUT2D eigenvalue weighted by molar-refractivity contribution is 6.30. The van der Waals surface area contributed by atoms with E-state index in [1.165, 1.54) is 6.21 Å². The molecule has 0 radical (unpaired) electrons. The summed E-state index contributed by atoms with van der Waals surface area (Å²) in [5.74, 6) is -0.745. The van der Waals surface area contributed by atoms with Crippen LogP contribution in [0.5, 0.6) is 0 Å². The van der Waals surface area contributed by atoms with Crippen molar-refractivity contribution in [2.45, 2.75) is 6.42 Å². The predicted octanol–water partition coefficient (Wildman–Crippen LogP) is 2.62. The topological polar surface area (TPSA) is 59.9 Å². The second-order valence-corrected chi connectivity index (χ2v) is 3.60. The van der Waals surface area contributed by atoms with Gasteiger partial charge in [-0.2, -0.15) is 10.5 Å². The Bertz CT molecular complexity index is 423. The Morgan fingerprint density at radius 2 is 1.88 bits per heavy atom. The number of halogens is 1. The first-order chi connectivity index (χ1) is 7.76. The van der Waals surface area contributed by atoms with Gasteiger partial charge in [-0.25, -0.2) is 0 Å². The molecule has 0 saturated heterocycles. The Morgan fingerprint density at radius 1 is 1.25 bits per heavy atom. The molecule has 0 atom stereocenters. The van der Waals surface area contributed by atoms with Crippen molar-refractivity contribution >= 4 is 17.8 Å². The summed E-state index contributed by atoms with van der Waals surface area (Å²) in [6, 6.07) is 11.2. The van der Waals surface area contributed by atoms with Crippen LogP contribution in [-0.4, -0.2) is 12.8 Å². The molecule has 1 aromatic rings. The van der Waals surface area contributed by atoms with Crippen molar-refractivity contribution in [3.63, 3.8) is 0 Å². The van der Waals surface area contributed by atoms with Gasteiger partial charge in [-0.3, -0.25) is 4.99 Å². The Kier molecular flexibility index (Phi) is 5.05. The fourth-order valence-corrected chi connectivity index (χ4v) is 1.25. The lowest BCUT2D eigenvalue weighted by Gasteiger charge is -1.97. The summed E-state index contributed by atoms with van der Waals surface area (Å²) in [5, 5.41) is 17.7. The molecule has 0 heterocycles. The van der Waals surface area contributed by atoms with E-state index >= 15 is 0 Å². The van der Waals surface area contributed by atoms with Gasteiger partial charge in [0.1, 0.15) is 0 Å². The monoisotopic (exact) mass is 231 g/mol.